The topological polar surface area (TPSA) is 215 Å². The highest BCUT2D eigenvalue weighted by Gasteiger charge is 2.45. The molecule has 506 valence electrons. The van der Waals surface area contributed by atoms with Crippen molar-refractivity contribution < 1.29 is 57.1 Å². The van der Waals surface area contributed by atoms with Crippen LogP contribution in [0, 0.1) is 15.4 Å². The monoisotopic (exact) mass is 1410 g/mol. The van der Waals surface area contributed by atoms with Gasteiger partial charge in [0.15, 0.2) is 0 Å². The summed E-state index contributed by atoms with van der Waals surface area (Å²) in [5, 5.41) is 7.78. The molecule has 3 N–H and O–H groups in total. The molecule has 1 aromatic heterocycles. The number of nitrogens with one attached hydrogen (secondary N) is 3. The summed E-state index contributed by atoms with van der Waals surface area (Å²) in [7, 11) is 0. The van der Waals surface area contributed by atoms with Gasteiger partial charge >= 0.3 is 17.9 Å². The number of ether oxygens (including phenoxy) is 7. The standard InChI is InChI=1S/C25H25N5O3.C17H23NO3.C16H21NO3.C11H14INO.C5H8O2/c31-24(28-18-9-21-23-17(12-26-22(23)10-18)13-27-29-25(21)32)20-11-19(20)16-3-1-2-15(8-16)14-30-4-6-33-7-5-30;1-2-21-17(19)16-11-15(16)14-5-3-4-13(10-14)12-18-6-8-20-9-7-18;1-2-20-16(18)7-6-14-4-3-5-15(12-14)13-17-8-10-19-11-9-17;12-11-3-1-2-10(8-11)9-13-4-6-14-7-5-13;1-3-5(6)7-4-2/h1-3,8-10,12-13,19-20,26H,4-7,11,14H2,(H,28,31)(H,29,32);3-5,10,15-16H,2,6-9,11-12H2,1H3;3-7,12H,2,8-11,13H2,1H3;1-3,8H,4-7,9H2;3H,1,4H2,2H3. The Labute approximate surface area is 571 Å². The summed E-state index contributed by atoms with van der Waals surface area (Å²) >= 11 is 2.36. The van der Waals surface area contributed by atoms with Gasteiger partial charge in [-0.15, -0.1) is 0 Å². The number of anilines is 1. The molecule has 4 unspecified atom stereocenters. The number of rotatable bonds is 19. The second kappa shape index (κ2) is 37.7. The van der Waals surface area contributed by atoms with Gasteiger partial charge < -0.3 is 43.5 Å². The summed E-state index contributed by atoms with van der Waals surface area (Å²) in [6, 6.07) is 37.7. The van der Waals surface area contributed by atoms with E-state index in [1.165, 1.54) is 43.0 Å². The number of morpholine rings is 4. The molecule has 0 bridgehead atoms. The van der Waals surface area contributed by atoms with Crippen molar-refractivity contribution in [1.82, 2.24) is 30.0 Å². The van der Waals surface area contributed by atoms with E-state index in [-0.39, 0.29) is 47.5 Å². The summed E-state index contributed by atoms with van der Waals surface area (Å²) in [6.07, 6.45) is 9.60. The molecular formula is C74H91IN8O12. The largest absolute Gasteiger partial charge is 0.466 e. The van der Waals surface area contributed by atoms with Crippen molar-refractivity contribution in [2.75, 3.05) is 130 Å². The predicted octanol–water partition coefficient (Wildman–Crippen LogP) is 9.96. The van der Waals surface area contributed by atoms with Crippen molar-refractivity contribution in [3.05, 3.63) is 188 Å². The van der Waals surface area contributed by atoms with Crippen LogP contribution in [-0.4, -0.2) is 186 Å². The van der Waals surface area contributed by atoms with Gasteiger partial charge in [-0.05, 0) is 137 Å². The summed E-state index contributed by atoms with van der Waals surface area (Å²) in [4.78, 5) is 71.3. The second-order valence-electron chi connectivity index (χ2n) is 24.0. The van der Waals surface area contributed by atoms with Gasteiger partial charge in [-0.2, -0.15) is 5.10 Å². The molecule has 0 radical (unpaired) electrons. The van der Waals surface area contributed by atoms with E-state index >= 15 is 0 Å². The van der Waals surface area contributed by atoms with Crippen LogP contribution in [0.25, 0.3) is 17.0 Å². The summed E-state index contributed by atoms with van der Waals surface area (Å²) in [5.74, 6) is -0.398. The quantitative estimate of drug-likeness (QED) is 0.0298. The number of esters is 3. The Hall–Kier alpha value is -7.45. The minimum atomic E-state index is -0.359. The number of carbonyl (C=O) groups excluding carboxylic acids is 5. The zero-order chi connectivity index (χ0) is 66.7. The summed E-state index contributed by atoms with van der Waals surface area (Å²) in [5.41, 5.74) is 14.0. The smallest absolute Gasteiger partial charge is 0.330 e. The molecular weight excluding hydrogens is 1320 g/mol. The zero-order valence-electron chi connectivity index (χ0n) is 55.0. The Balaban J connectivity index is 0.000000150. The predicted molar refractivity (Wildman–Crippen MR) is 376 cm³/mol. The third-order valence-corrected chi connectivity index (χ3v) is 17.7. The number of hydrogen-bond acceptors (Lipinski definition) is 17. The van der Waals surface area contributed by atoms with Crippen LogP contribution < -0.4 is 10.7 Å². The van der Waals surface area contributed by atoms with E-state index in [1.807, 2.05) is 31.3 Å². The fourth-order valence-electron chi connectivity index (χ4n) is 11.9. The molecule has 21 heteroatoms. The molecule has 2 saturated carbocycles. The van der Waals surface area contributed by atoms with E-state index in [2.05, 4.69) is 159 Å². The van der Waals surface area contributed by atoms with E-state index in [9.17, 15) is 24.0 Å². The maximum atomic E-state index is 13.0. The highest BCUT2D eigenvalue weighted by atomic mass is 127. The number of nitrogens with zero attached hydrogens (tertiary/aromatic N) is 5. The van der Waals surface area contributed by atoms with E-state index in [0.29, 0.717) is 37.0 Å². The van der Waals surface area contributed by atoms with Gasteiger partial charge in [-0.25, -0.2) is 15.0 Å². The van der Waals surface area contributed by atoms with Crippen molar-refractivity contribution in [3.8, 4) is 0 Å². The molecule has 5 aliphatic heterocycles. The van der Waals surface area contributed by atoms with Crippen LogP contribution in [0.3, 0.4) is 0 Å². The number of halogens is 1. The van der Waals surface area contributed by atoms with Crippen LogP contribution >= 0.6 is 22.6 Å². The zero-order valence-corrected chi connectivity index (χ0v) is 57.1. The number of aromatic nitrogens is 1. The van der Waals surface area contributed by atoms with Gasteiger partial charge in [-0.3, -0.25) is 34.0 Å². The Morgan fingerprint density at radius 1 is 0.600 bits per heavy atom. The maximum absolute atomic E-state index is 13.0. The van der Waals surface area contributed by atoms with Crippen molar-refractivity contribution in [2.45, 2.75) is 71.6 Å². The Morgan fingerprint density at radius 3 is 1.58 bits per heavy atom. The molecule has 20 nitrogen and oxygen atoms in total. The maximum Gasteiger partial charge on any atom is 0.330 e. The number of aromatic amines is 1. The molecule has 5 aromatic carbocycles. The SMILES string of the molecule is C=CC(=O)OCC.CCOC(=O)C1CC1c1cccc(CN2CCOCC2)c1.CCOC(=O)C=Cc1cccc(CN2CCOCC2)c1.Ic1cccc(CN2CCOCC2)c1.O=C1NN=Cc2c[nH]c3cc(NC(=O)C4CC4c4cccc(CN5CCOCC5)c4)cc1c23. The molecule has 7 aliphatic rings. The molecule has 2 aliphatic carbocycles. The molecule has 6 fully saturated rings. The highest BCUT2D eigenvalue weighted by molar-refractivity contribution is 14.1. The lowest BCUT2D eigenvalue weighted by molar-refractivity contribution is -0.145. The van der Waals surface area contributed by atoms with Crippen LogP contribution in [0.4, 0.5) is 5.69 Å². The summed E-state index contributed by atoms with van der Waals surface area (Å²) in [6.45, 7) is 28.4. The number of amides is 2. The normalized spacial score (nSPS) is 20.1. The Bertz CT molecular complexity index is 3550. The average molecular weight is 1410 g/mol. The summed E-state index contributed by atoms with van der Waals surface area (Å²) < 4.78 is 37.2. The molecule has 4 atom stereocenters. The van der Waals surface area contributed by atoms with Crippen LogP contribution in [0.15, 0.2) is 139 Å². The van der Waals surface area contributed by atoms with Gasteiger partial charge in [0.2, 0.25) is 5.91 Å². The molecule has 6 heterocycles. The first-order chi connectivity index (χ1) is 46.4. The first kappa shape index (κ1) is 71.8. The minimum Gasteiger partial charge on any atom is -0.466 e. The lowest BCUT2D eigenvalue weighted by atomic mass is 10.0. The average Bonchev–Trinajstić information content (AvgIpc) is 1.68. The first-order valence-corrected chi connectivity index (χ1v) is 34.3. The van der Waals surface area contributed by atoms with Crippen molar-refractivity contribution in [1.29, 1.82) is 0 Å². The molecule has 95 heavy (non-hydrogen) atoms. The fourth-order valence-corrected chi connectivity index (χ4v) is 12.5. The third-order valence-electron chi connectivity index (χ3n) is 17.0. The molecule has 0 spiro atoms. The van der Waals surface area contributed by atoms with Crippen molar-refractivity contribution >= 4 is 81.2 Å². The number of hydrogen-bond donors (Lipinski definition) is 3. The van der Waals surface area contributed by atoms with Crippen molar-refractivity contribution in [2.24, 2.45) is 16.9 Å². The highest BCUT2D eigenvalue weighted by Crippen LogP contribution is 2.49. The van der Waals surface area contributed by atoms with Crippen LogP contribution in [0.5, 0.6) is 0 Å². The first-order valence-electron chi connectivity index (χ1n) is 33.2. The lowest BCUT2D eigenvalue weighted by Gasteiger charge is -2.26. The molecule has 6 aromatic rings. The number of carbonyl (C=O) groups is 5. The van der Waals surface area contributed by atoms with E-state index in [0.717, 1.165) is 172 Å². The molecule has 2 amide bonds. The van der Waals surface area contributed by atoms with Gasteiger partial charge in [0, 0.05) is 129 Å². The van der Waals surface area contributed by atoms with E-state index < -0.39 is 0 Å². The van der Waals surface area contributed by atoms with Crippen LogP contribution in [0.1, 0.15) is 100 Å². The minimum absolute atomic E-state index is 0.0119. The number of benzene rings is 5. The fraction of sp³-hybridized carbons (Fsp3) is 0.432. The van der Waals surface area contributed by atoms with Gasteiger partial charge in [0.05, 0.1) is 90.4 Å². The lowest BCUT2D eigenvalue weighted by Crippen LogP contribution is -2.35. The molecule has 13 rings (SSSR count). The second-order valence-corrected chi connectivity index (χ2v) is 25.2. The molecule has 4 saturated heterocycles. The number of hydrazone groups is 1. The Kier molecular flexibility index (Phi) is 28.5. The van der Waals surface area contributed by atoms with Crippen LogP contribution in [0.2, 0.25) is 0 Å². The number of H-pyrrole nitrogens is 1. The van der Waals surface area contributed by atoms with E-state index in [4.69, 9.17) is 28.4 Å². The van der Waals surface area contributed by atoms with Gasteiger partial charge in [-0.1, -0.05) is 91.5 Å². The van der Waals surface area contributed by atoms with Gasteiger partial charge in [0.1, 0.15) is 0 Å². The van der Waals surface area contributed by atoms with Crippen LogP contribution in [-0.2, 0) is 78.5 Å². The van der Waals surface area contributed by atoms with E-state index in [1.54, 1.807) is 32.2 Å². The Morgan fingerprint density at radius 2 is 1.07 bits per heavy atom. The van der Waals surface area contributed by atoms with Crippen molar-refractivity contribution in [3.63, 3.8) is 0 Å². The third kappa shape index (κ3) is 23.1. The van der Waals surface area contributed by atoms with Gasteiger partial charge in [0.25, 0.3) is 5.91 Å².